The molecule has 0 radical (unpaired) electrons. The van der Waals surface area contributed by atoms with Crippen molar-refractivity contribution in [2.45, 2.75) is 46.2 Å². The fraction of sp³-hybridized carbons (Fsp3) is 0.600. The molecule has 26 heavy (non-hydrogen) atoms. The summed E-state index contributed by atoms with van der Waals surface area (Å²) in [5.74, 6) is 0.859. The fourth-order valence-corrected chi connectivity index (χ4v) is 4.78. The number of nitrogens with one attached hydrogen (secondary N) is 1. The minimum atomic E-state index is 0.243. The Morgan fingerprint density at radius 3 is 2.85 bits per heavy atom. The van der Waals surface area contributed by atoms with Gasteiger partial charge in [-0.3, -0.25) is 0 Å². The molecule has 1 atom stereocenters. The zero-order valence-corrected chi connectivity index (χ0v) is 16.7. The lowest BCUT2D eigenvalue weighted by atomic mass is 9.74. The average Bonchev–Trinajstić information content (AvgIpc) is 3.04. The molecule has 0 spiro atoms. The highest BCUT2D eigenvalue weighted by atomic mass is 32.1. The summed E-state index contributed by atoms with van der Waals surface area (Å²) in [5.41, 5.74) is 2.72. The third-order valence-corrected chi connectivity index (χ3v) is 6.28. The molecule has 4 rings (SSSR count). The quantitative estimate of drug-likeness (QED) is 0.890. The summed E-state index contributed by atoms with van der Waals surface area (Å²) in [5, 5.41) is 3.76. The van der Waals surface area contributed by atoms with E-state index in [0.717, 1.165) is 51.6 Å². The standard InChI is InChI=1S/C20H28N4OS/c1-14-4-5-15(26-14)12-21-17-10-20(2,3)11-18-16(17)13-22-19(23-18)24-6-8-25-9-7-24/h4-5,13,17,21H,6-12H2,1-3H3. The van der Waals surface area contributed by atoms with Gasteiger partial charge in [-0.1, -0.05) is 13.8 Å². The van der Waals surface area contributed by atoms with Gasteiger partial charge in [-0.05, 0) is 37.3 Å². The van der Waals surface area contributed by atoms with E-state index in [1.807, 2.05) is 11.3 Å². The predicted molar refractivity (Wildman–Crippen MR) is 106 cm³/mol. The van der Waals surface area contributed by atoms with Crippen LogP contribution in [0.1, 0.15) is 47.3 Å². The van der Waals surface area contributed by atoms with Crippen molar-refractivity contribution >= 4 is 17.3 Å². The Morgan fingerprint density at radius 1 is 1.31 bits per heavy atom. The van der Waals surface area contributed by atoms with Crippen molar-refractivity contribution in [2.75, 3.05) is 31.2 Å². The summed E-state index contributed by atoms with van der Waals surface area (Å²) in [6.07, 6.45) is 4.18. The molecule has 0 aromatic carbocycles. The van der Waals surface area contributed by atoms with Gasteiger partial charge in [0.2, 0.25) is 5.95 Å². The third kappa shape index (κ3) is 3.92. The normalized spacial score (nSPS) is 22.3. The molecule has 0 amide bonds. The van der Waals surface area contributed by atoms with Crippen LogP contribution in [0.4, 0.5) is 5.95 Å². The maximum absolute atomic E-state index is 5.45. The molecule has 2 aromatic rings. The number of nitrogens with zero attached hydrogens (tertiary/aromatic N) is 3. The molecular formula is C20H28N4OS. The lowest BCUT2D eigenvalue weighted by Crippen LogP contribution is -2.38. The molecule has 0 bridgehead atoms. The van der Waals surface area contributed by atoms with E-state index in [2.05, 4.69) is 49.3 Å². The van der Waals surface area contributed by atoms with E-state index in [-0.39, 0.29) is 5.41 Å². The molecule has 1 aliphatic heterocycles. The maximum Gasteiger partial charge on any atom is 0.225 e. The fourth-order valence-electron chi connectivity index (χ4n) is 3.94. The van der Waals surface area contributed by atoms with Gasteiger partial charge in [0.15, 0.2) is 0 Å². The summed E-state index contributed by atoms with van der Waals surface area (Å²) >= 11 is 1.87. The van der Waals surface area contributed by atoms with Gasteiger partial charge in [0.05, 0.1) is 18.9 Å². The first-order chi connectivity index (χ1) is 12.5. The molecule has 3 heterocycles. The van der Waals surface area contributed by atoms with Crippen LogP contribution in [0, 0.1) is 12.3 Å². The second-order valence-corrected chi connectivity index (χ2v) is 9.53. The van der Waals surface area contributed by atoms with Crippen molar-refractivity contribution in [3.8, 4) is 0 Å². The van der Waals surface area contributed by atoms with Crippen molar-refractivity contribution in [1.29, 1.82) is 0 Å². The van der Waals surface area contributed by atoms with Crippen LogP contribution in [0.2, 0.25) is 0 Å². The number of aryl methyl sites for hydroxylation is 1. The van der Waals surface area contributed by atoms with Gasteiger partial charge in [0.1, 0.15) is 0 Å². The Hall–Kier alpha value is -1.50. The Morgan fingerprint density at radius 2 is 2.12 bits per heavy atom. The SMILES string of the molecule is Cc1ccc(CNC2CC(C)(C)Cc3nc(N4CCOCC4)ncc32)s1. The van der Waals surface area contributed by atoms with Gasteiger partial charge in [-0.2, -0.15) is 0 Å². The summed E-state index contributed by atoms with van der Waals surface area (Å²) in [6, 6.07) is 4.73. The predicted octanol–water partition coefficient (Wildman–Crippen LogP) is 3.49. The summed E-state index contributed by atoms with van der Waals surface area (Å²) in [4.78, 5) is 14.6. The highest BCUT2D eigenvalue weighted by Gasteiger charge is 2.34. The number of hydrogen-bond acceptors (Lipinski definition) is 6. The second kappa shape index (κ2) is 7.25. The van der Waals surface area contributed by atoms with Crippen LogP contribution < -0.4 is 10.2 Å². The number of hydrogen-bond donors (Lipinski definition) is 1. The van der Waals surface area contributed by atoms with Gasteiger partial charge in [0, 0.05) is 47.2 Å². The van der Waals surface area contributed by atoms with Crippen molar-refractivity contribution in [1.82, 2.24) is 15.3 Å². The van der Waals surface area contributed by atoms with E-state index in [4.69, 9.17) is 14.7 Å². The Bertz CT molecular complexity index is 767. The van der Waals surface area contributed by atoms with E-state index < -0.39 is 0 Å². The highest BCUT2D eigenvalue weighted by molar-refractivity contribution is 7.11. The molecule has 0 saturated carbocycles. The summed E-state index contributed by atoms with van der Waals surface area (Å²) in [7, 11) is 0. The highest BCUT2D eigenvalue weighted by Crippen LogP contribution is 2.40. The van der Waals surface area contributed by atoms with Crippen LogP contribution in [0.15, 0.2) is 18.3 Å². The van der Waals surface area contributed by atoms with Crippen LogP contribution >= 0.6 is 11.3 Å². The minimum absolute atomic E-state index is 0.243. The van der Waals surface area contributed by atoms with E-state index in [0.29, 0.717) is 6.04 Å². The largest absolute Gasteiger partial charge is 0.378 e. The smallest absolute Gasteiger partial charge is 0.225 e. The Labute approximate surface area is 159 Å². The van der Waals surface area contributed by atoms with E-state index in [1.54, 1.807) is 0 Å². The van der Waals surface area contributed by atoms with Crippen molar-refractivity contribution < 1.29 is 4.74 Å². The number of aromatic nitrogens is 2. The Balaban J connectivity index is 1.55. The molecule has 6 heteroatoms. The topological polar surface area (TPSA) is 50.3 Å². The number of fused-ring (bicyclic) bond motifs is 1. The third-order valence-electron chi connectivity index (χ3n) is 5.28. The zero-order chi connectivity index (χ0) is 18.1. The number of rotatable bonds is 4. The van der Waals surface area contributed by atoms with Crippen molar-refractivity contribution in [3.63, 3.8) is 0 Å². The van der Waals surface area contributed by atoms with Crippen molar-refractivity contribution in [2.24, 2.45) is 5.41 Å². The monoisotopic (exact) mass is 372 g/mol. The molecule has 1 N–H and O–H groups in total. The van der Waals surface area contributed by atoms with Gasteiger partial charge < -0.3 is 15.0 Å². The number of morpholine rings is 1. The summed E-state index contributed by atoms with van der Waals surface area (Å²) in [6.45, 7) is 11.0. The Kier molecular flexibility index (Phi) is 4.99. The minimum Gasteiger partial charge on any atom is -0.378 e. The second-order valence-electron chi connectivity index (χ2n) is 8.16. The molecule has 5 nitrogen and oxygen atoms in total. The molecule has 1 unspecified atom stereocenters. The maximum atomic E-state index is 5.45. The van der Waals surface area contributed by atoms with Crippen LogP contribution in [-0.2, 0) is 17.7 Å². The van der Waals surface area contributed by atoms with Crippen molar-refractivity contribution in [3.05, 3.63) is 39.3 Å². The molecule has 2 aromatic heterocycles. The first kappa shape index (κ1) is 17.9. The first-order valence-corrected chi connectivity index (χ1v) is 10.3. The summed E-state index contributed by atoms with van der Waals surface area (Å²) < 4.78 is 5.45. The van der Waals surface area contributed by atoms with Crippen LogP contribution in [0.5, 0.6) is 0 Å². The van der Waals surface area contributed by atoms with Crippen LogP contribution in [-0.4, -0.2) is 36.3 Å². The zero-order valence-electron chi connectivity index (χ0n) is 15.9. The number of anilines is 1. The molecule has 1 fully saturated rings. The first-order valence-electron chi connectivity index (χ1n) is 9.47. The number of ether oxygens (including phenoxy) is 1. The van der Waals surface area contributed by atoms with E-state index in [9.17, 15) is 0 Å². The molecule has 140 valence electrons. The van der Waals surface area contributed by atoms with Gasteiger partial charge in [-0.15, -0.1) is 11.3 Å². The molecule has 1 aliphatic carbocycles. The van der Waals surface area contributed by atoms with Gasteiger partial charge in [-0.25, -0.2) is 9.97 Å². The molecular weight excluding hydrogens is 344 g/mol. The lowest BCUT2D eigenvalue weighted by Gasteiger charge is -2.37. The van der Waals surface area contributed by atoms with E-state index in [1.165, 1.54) is 21.0 Å². The average molecular weight is 373 g/mol. The van der Waals surface area contributed by atoms with Crippen LogP contribution in [0.3, 0.4) is 0 Å². The van der Waals surface area contributed by atoms with Gasteiger partial charge >= 0.3 is 0 Å². The lowest BCUT2D eigenvalue weighted by molar-refractivity contribution is 0.122. The van der Waals surface area contributed by atoms with Gasteiger partial charge in [0.25, 0.3) is 0 Å². The molecule has 2 aliphatic rings. The van der Waals surface area contributed by atoms with Crippen LogP contribution in [0.25, 0.3) is 0 Å². The molecule has 1 saturated heterocycles. The number of thiophene rings is 1. The van der Waals surface area contributed by atoms with E-state index >= 15 is 0 Å².